The Labute approximate surface area is 145 Å². The lowest BCUT2D eigenvalue weighted by atomic mass is 9.49. The molecule has 5 heteroatoms. The van der Waals surface area contributed by atoms with Gasteiger partial charge in [-0.2, -0.15) is 0 Å². The van der Waals surface area contributed by atoms with Crippen LogP contribution in [0.4, 0.5) is 0 Å². The Hall–Kier alpha value is -2.30. The smallest absolute Gasteiger partial charge is 0.334 e. The topological polar surface area (TPSA) is 65.7 Å². The fourth-order valence-electron chi connectivity index (χ4n) is 5.58. The first-order valence-corrected chi connectivity index (χ1v) is 8.86. The molecule has 0 aromatic carbocycles. The molecule has 0 bridgehead atoms. The van der Waals surface area contributed by atoms with Crippen LogP contribution in [0.2, 0.25) is 0 Å². The van der Waals surface area contributed by atoms with Gasteiger partial charge >= 0.3 is 11.9 Å². The van der Waals surface area contributed by atoms with Gasteiger partial charge in [0.2, 0.25) is 0 Å². The van der Waals surface area contributed by atoms with E-state index in [2.05, 4.69) is 6.92 Å². The predicted octanol–water partition coefficient (Wildman–Crippen LogP) is 3.48. The molecule has 1 aromatic heterocycles. The van der Waals surface area contributed by atoms with Gasteiger partial charge in [-0.3, -0.25) is 0 Å². The van der Waals surface area contributed by atoms with E-state index >= 15 is 0 Å². The highest BCUT2D eigenvalue weighted by Gasteiger charge is 2.62. The molecule has 2 aliphatic heterocycles. The lowest BCUT2D eigenvalue weighted by Gasteiger charge is -2.54. The predicted molar refractivity (Wildman–Crippen MR) is 87.2 cm³/mol. The first-order valence-electron chi connectivity index (χ1n) is 8.86. The fourth-order valence-corrected chi connectivity index (χ4v) is 5.58. The molecule has 1 spiro atoms. The number of fused-ring (bicyclic) bond motifs is 2. The number of allylic oxidation sites excluding steroid dienone is 2. The van der Waals surface area contributed by atoms with Crippen molar-refractivity contribution in [2.45, 2.75) is 38.7 Å². The number of carbonyl (C=O) groups is 2. The molecule has 2 aliphatic carbocycles. The van der Waals surface area contributed by atoms with Crippen molar-refractivity contribution in [2.75, 3.05) is 6.61 Å². The summed E-state index contributed by atoms with van der Waals surface area (Å²) in [6.45, 7) is 2.58. The number of rotatable bonds is 1. The SMILES string of the molecule is C[C@]12C[C@H](c3ccoc3)OC(=O)C1=CC[C@@]13COC(=O)C1=CCC[C@@H]32. The van der Waals surface area contributed by atoms with Gasteiger partial charge in [0.15, 0.2) is 0 Å². The summed E-state index contributed by atoms with van der Waals surface area (Å²) in [5, 5.41) is 0. The van der Waals surface area contributed by atoms with Gasteiger partial charge < -0.3 is 13.9 Å². The van der Waals surface area contributed by atoms with E-state index in [4.69, 9.17) is 13.9 Å². The Morgan fingerprint density at radius 2 is 2.04 bits per heavy atom. The summed E-state index contributed by atoms with van der Waals surface area (Å²) in [6, 6.07) is 1.85. The molecule has 0 amide bonds. The van der Waals surface area contributed by atoms with Crippen molar-refractivity contribution in [2.24, 2.45) is 16.7 Å². The first kappa shape index (κ1) is 15.0. The Kier molecular flexibility index (Phi) is 2.92. The average molecular weight is 340 g/mol. The lowest BCUT2D eigenvalue weighted by molar-refractivity contribution is -0.158. The van der Waals surface area contributed by atoms with Crippen LogP contribution < -0.4 is 0 Å². The zero-order valence-corrected chi connectivity index (χ0v) is 14.1. The van der Waals surface area contributed by atoms with E-state index in [-0.39, 0.29) is 34.8 Å². The molecule has 130 valence electrons. The molecule has 4 atom stereocenters. The molecule has 5 rings (SSSR count). The molecule has 3 heterocycles. The van der Waals surface area contributed by atoms with Gasteiger partial charge in [0, 0.05) is 27.5 Å². The van der Waals surface area contributed by atoms with Crippen LogP contribution in [-0.2, 0) is 19.1 Å². The second-order valence-electron chi connectivity index (χ2n) is 7.87. The van der Waals surface area contributed by atoms with Gasteiger partial charge in [-0.15, -0.1) is 0 Å². The van der Waals surface area contributed by atoms with Crippen molar-refractivity contribution < 1.29 is 23.5 Å². The van der Waals surface area contributed by atoms with E-state index in [1.165, 1.54) is 0 Å². The number of carbonyl (C=O) groups excluding carboxylic acids is 2. The number of hydrogen-bond acceptors (Lipinski definition) is 5. The standard InChI is InChI=1S/C20H20O5/c1-19-9-15(12-6-8-23-10-12)25-18(22)13(19)5-7-20-11-24-17(21)14(20)3-2-4-16(19)20/h3,5-6,8,10,15-16H,2,4,7,9,11H2,1H3/t15-,16-,19+,20-/m1/s1. The monoisotopic (exact) mass is 340 g/mol. The van der Waals surface area contributed by atoms with Crippen molar-refractivity contribution in [3.05, 3.63) is 47.5 Å². The molecule has 1 aromatic rings. The Balaban J connectivity index is 1.61. The van der Waals surface area contributed by atoms with Crippen molar-refractivity contribution in [1.82, 2.24) is 0 Å². The van der Waals surface area contributed by atoms with Crippen LogP contribution in [0.25, 0.3) is 0 Å². The van der Waals surface area contributed by atoms with Crippen molar-refractivity contribution in [3.63, 3.8) is 0 Å². The zero-order valence-electron chi connectivity index (χ0n) is 14.1. The van der Waals surface area contributed by atoms with Crippen LogP contribution in [0.1, 0.15) is 44.3 Å². The minimum Gasteiger partial charge on any atom is -0.472 e. The first-order chi connectivity index (χ1) is 12.0. The molecule has 25 heavy (non-hydrogen) atoms. The molecule has 0 radical (unpaired) electrons. The molecule has 2 fully saturated rings. The van der Waals surface area contributed by atoms with E-state index in [1.54, 1.807) is 12.5 Å². The number of furan rings is 1. The summed E-state index contributed by atoms with van der Waals surface area (Å²) in [4.78, 5) is 25.0. The summed E-state index contributed by atoms with van der Waals surface area (Å²) in [5.74, 6) is -0.222. The summed E-state index contributed by atoms with van der Waals surface area (Å²) in [6.07, 6.45) is 10.2. The van der Waals surface area contributed by atoms with E-state index in [1.807, 2.05) is 18.2 Å². The molecular weight excluding hydrogens is 320 g/mol. The quantitative estimate of drug-likeness (QED) is 0.732. The number of ether oxygens (including phenoxy) is 2. The van der Waals surface area contributed by atoms with Crippen LogP contribution in [-0.4, -0.2) is 18.5 Å². The van der Waals surface area contributed by atoms with Crippen molar-refractivity contribution in [1.29, 1.82) is 0 Å². The fraction of sp³-hybridized carbons (Fsp3) is 0.500. The Morgan fingerprint density at radius 1 is 1.16 bits per heavy atom. The van der Waals surface area contributed by atoms with Crippen LogP contribution in [0.15, 0.2) is 46.3 Å². The minimum absolute atomic E-state index is 0.185. The van der Waals surface area contributed by atoms with Gasteiger partial charge in [-0.05, 0) is 37.7 Å². The highest BCUT2D eigenvalue weighted by molar-refractivity contribution is 5.95. The molecule has 0 N–H and O–H groups in total. The maximum atomic E-state index is 12.7. The average Bonchev–Trinajstić information content (AvgIpc) is 3.23. The molecule has 0 unspecified atom stereocenters. The van der Waals surface area contributed by atoms with Gasteiger partial charge in [-0.1, -0.05) is 19.1 Å². The normalized spacial score (nSPS) is 39.4. The van der Waals surface area contributed by atoms with E-state index in [9.17, 15) is 9.59 Å². The zero-order chi connectivity index (χ0) is 17.2. The van der Waals surface area contributed by atoms with Crippen LogP contribution >= 0.6 is 0 Å². The third-order valence-corrected chi connectivity index (χ3v) is 6.74. The summed E-state index contributed by atoms with van der Waals surface area (Å²) < 4.78 is 16.3. The number of hydrogen-bond donors (Lipinski definition) is 0. The Morgan fingerprint density at radius 3 is 2.84 bits per heavy atom. The third-order valence-electron chi connectivity index (χ3n) is 6.74. The summed E-state index contributed by atoms with van der Waals surface area (Å²) in [7, 11) is 0. The molecule has 2 saturated heterocycles. The molecular formula is C20H20O5. The van der Waals surface area contributed by atoms with Crippen molar-refractivity contribution in [3.8, 4) is 0 Å². The third kappa shape index (κ3) is 1.84. The summed E-state index contributed by atoms with van der Waals surface area (Å²) in [5.41, 5.74) is 1.86. The summed E-state index contributed by atoms with van der Waals surface area (Å²) >= 11 is 0. The van der Waals surface area contributed by atoms with Crippen molar-refractivity contribution >= 4 is 11.9 Å². The number of esters is 2. The minimum atomic E-state index is -0.330. The van der Waals surface area contributed by atoms with E-state index in [0.717, 1.165) is 29.6 Å². The van der Waals surface area contributed by atoms with Gasteiger partial charge in [0.05, 0.1) is 12.5 Å². The van der Waals surface area contributed by atoms with Gasteiger partial charge in [0.1, 0.15) is 12.7 Å². The molecule has 0 saturated carbocycles. The highest BCUT2D eigenvalue weighted by Crippen LogP contribution is 2.64. The van der Waals surface area contributed by atoms with Gasteiger partial charge in [0.25, 0.3) is 0 Å². The molecule has 5 nitrogen and oxygen atoms in total. The second kappa shape index (κ2) is 4.87. The largest absolute Gasteiger partial charge is 0.472 e. The van der Waals surface area contributed by atoms with Crippen LogP contribution in [0.3, 0.4) is 0 Å². The Bertz CT molecular complexity index is 817. The molecule has 4 aliphatic rings. The van der Waals surface area contributed by atoms with E-state index < -0.39 is 0 Å². The second-order valence-corrected chi connectivity index (χ2v) is 7.87. The maximum Gasteiger partial charge on any atom is 0.334 e. The van der Waals surface area contributed by atoms with Crippen LogP contribution in [0, 0.1) is 16.7 Å². The van der Waals surface area contributed by atoms with Crippen LogP contribution in [0.5, 0.6) is 0 Å². The van der Waals surface area contributed by atoms with Gasteiger partial charge in [-0.25, -0.2) is 9.59 Å². The van der Waals surface area contributed by atoms with E-state index in [0.29, 0.717) is 19.4 Å². The maximum absolute atomic E-state index is 12.7. The lowest BCUT2D eigenvalue weighted by Crippen LogP contribution is -2.52. The highest BCUT2D eigenvalue weighted by atomic mass is 16.5. The number of cyclic esters (lactones) is 2.